The highest BCUT2D eigenvalue weighted by Gasteiger charge is 2.19. The van der Waals surface area contributed by atoms with Gasteiger partial charge in [0, 0.05) is 43.3 Å². The number of anilines is 2. The fourth-order valence-electron chi connectivity index (χ4n) is 3.47. The smallest absolute Gasteiger partial charge is 0.131 e. The average Bonchev–Trinajstić information content (AvgIpc) is 3.19. The molecule has 2 aromatic rings. The van der Waals surface area contributed by atoms with Crippen molar-refractivity contribution in [2.24, 2.45) is 0 Å². The van der Waals surface area contributed by atoms with Crippen molar-refractivity contribution in [3.63, 3.8) is 0 Å². The second kappa shape index (κ2) is 4.97. The minimum atomic E-state index is 1.14. The Bertz CT molecular complexity index is 611. The topological polar surface area (TPSA) is 19.4 Å². The second-order valence-electron chi connectivity index (χ2n) is 5.91. The van der Waals surface area contributed by atoms with Crippen LogP contribution in [0.1, 0.15) is 25.7 Å². The predicted octanol–water partition coefficient (Wildman–Crippen LogP) is 3.44. The largest absolute Gasteiger partial charge is 0.371 e. The normalized spacial score (nSPS) is 19.2. The molecule has 3 nitrogen and oxygen atoms in total. The highest BCUT2D eigenvalue weighted by atomic mass is 15.2. The van der Waals surface area contributed by atoms with Gasteiger partial charge >= 0.3 is 0 Å². The lowest BCUT2D eigenvalue weighted by molar-refractivity contribution is 0.933. The molecule has 104 valence electrons. The van der Waals surface area contributed by atoms with E-state index in [-0.39, 0.29) is 0 Å². The quantitative estimate of drug-likeness (QED) is 0.831. The van der Waals surface area contributed by atoms with E-state index in [2.05, 4.69) is 40.1 Å². The number of hydrogen-bond acceptors (Lipinski definition) is 3. The lowest BCUT2D eigenvalue weighted by atomic mass is 10.1. The third kappa shape index (κ3) is 2.01. The molecule has 2 aliphatic heterocycles. The van der Waals surface area contributed by atoms with Crippen LogP contribution in [0, 0.1) is 0 Å². The van der Waals surface area contributed by atoms with Gasteiger partial charge in [-0.25, -0.2) is 4.98 Å². The van der Waals surface area contributed by atoms with E-state index < -0.39 is 0 Å². The Morgan fingerprint density at radius 1 is 0.800 bits per heavy atom. The molecule has 0 saturated carbocycles. The molecule has 0 aliphatic carbocycles. The molecule has 3 heterocycles. The summed E-state index contributed by atoms with van der Waals surface area (Å²) in [5.41, 5.74) is 2.52. The molecule has 4 rings (SSSR count). The van der Waals surface area contributed by atoms with Crippen molar-refractivity contribution in [3.8, 4) is 0 Å². The second-order valence-corrected chi connectivity index (χ2v) is 5.91. The average molecular weight is 267 g/mol. The van der Waals surface area contributed by atoms with Crippen LogP contribution in [-0.4, -0.2) is 31.2 Å². The predicted molar refractivity (Wildman–Crippen MR) is 84.6 cm³/mol. The van der Waals surface area contributed by atoms with Crippen LogP contribution in [0.25, 0.3) is 10.9 Å². The van der Waals surface area contributed by atoms with Gasteiger partial charge in [0.2, 0.25) is 0 Å². The zero-order valence-corrected chi connectivity index (χ0v) is 11.9. The van der Waals surface area contributed by atoms with Gasteiger partial charge in [0.15, 0.2) is 0 Å². The number of hydrogen-bond donors (Lipinski definition) is 0. The zero-order chi connectivity index (χ0) is 13.4. The molecule has 2 saturated heterocycles. The Morgan fingerprint density at radius 3 is 2.20 bits per heavy atom. The van der Waals surface area contributed by atoms with Crippen LogP contribution in [0.15, 0.2) is 30.3 Å². The Kier molecular flexibility index (Phi) is 2.98. The SMILES string of the molecule is c1ccc2c(N3CCCC3)cc(N3CCCC3)nc2c1. The van der Waals surface area contributed by atoms with Gasteiger partial charge < -0.3 is 9.80 Å². The van der Waals surface area contributed by atoms with Crippen molar-refractivity contribution in [1.29, 1.82) is 0 Å². The van der Waals surface area contributed by atoms with Crippen molar-refractivity contribution in [3.05, 3.63) is 30.3 Å². The molecule has 2 fully saturated rings. The van der Waals surface area contributed by atoms with Gasteiger partial charge in [-0.05, 0) is 31.7 Å². The number of aromatic nitrogens is 1. The molecule has 2 aliphatic rings. The third-order valence-electron chi connectivity index (χ3n) is 4.56. The Morgan fingerprint density at radius 2 is 1.45 bits per heavy atom. The van der Waals surface area contributed by atoms with Gasteiger partial charge in [-0.1, -0.05) is 18.2 Å². The van der Waals surface area contributed by atoms with E-state index in [1.54, 1.807) is 0 Å². The first-order valence-corrected chi connectivity index (χ1v) is 7.81. The number of pyridine rings is 1. The Labute approximate surface area is 120 Å². The van der Waals surface area contributed by atoms with Crippen molar-refractivity contribution < 1.29 is 0 Å². The van der Waals surface area contributed by atoms with Crippen molar-refractivity contribution >= 4 is 22.4 Å². The molecule has 1 aromatic heterocycles. The molecule has 0 unspecified atom stereocenters. The fraction of sp³-hybridized carbons (Fsp3) is 0.471. The lowest BCUT2D eigenvalue weighted by Gasteiger charge is -2.23. The maximum Gasteiger partial charge on any atom is 0.131 e. The van der Waals surface area contributed by atoms with Gasteiger partial charge in [-0.15, -0.1) is 0 Å². The summed E-state index contributed by atoms with van der Waals surface area (Å²) in [5, 5.41) is 1.30. The first-order chi connectivity index (χ1) is 9.92. The van der Waals surface area contributed by atoms with Gasteiger partial charge in [0.25, 0.3) is 0 Å². The molecular weight excluding hydrogens is 246 g/mol. The highest BCUT2D eigenvalue weighted by molar-refractivity contribution is 5.93. The molecule has 3 heteroatoms. The third-order valence-corrected chi connectivity index (χ3v) is 4.56. The number of benzene rings is 1. The lowest BCUT2D eigenvalue weighted by Crippen LogP contribution is -2.22. The maximum atomic E-state index is 4.89. The number of fused-ring (bicyclic) bond motifs is 1. The number of nitrogens with zero attached hydrogens (tertiary/aromatic N) is 3. The van der Waals surface area contributed by atoms with E-state index >= 15 is 0 Å². The van der Waals surface area contributed by atoms with Crippen molar-refractivity contribution in [2.45, 2.75) is 25.7 Å². The Hall–Kier alpha value is -1.77. The molecule has 0 radical (unpaired) electrons. The first-order valence-electron chi connectivity index (χ1n) is 7.81. The van der Waals surface area contributed by atoms with Crippen LogP contribution in [0.5, 0.6) is 0 Å². The molecule has 20 heavy (non-hydrogen) atoms. The zero-order valence-electron chi connectivity index (χ0n) is 11.9. The summed E-state index contributed by atoms with van der Waals surface area (Å²) in [4.78, 5) is 9.86. The summed E-state index contributed by atoms with van der Waals surface area (Å²) >= 11 is 0. The van der Waals surface area contributed by atoms with Gasteiger partial charge in [-0.3, -0.25) is 0 Å². The summed E-state index contributed by atoms with van der Waals surface area (Å²) in [5.74, 6) is 1.17. The van der Waals surface area contributed by atoms with Crippen LogP contribution >= 0.6 is 0 Å². The number of rotatable bonds is 2. The minimum absolute atomic E-state index is 1.14. The van der Waals surface area contributed by atoms with E-state index in [0.717, 1.165) is 18.6 Å². The summed E-state index contributed by atoms with van der Waals surface area (Å²) in [7, 11) is 0. The van der Waals surface area contributed by atoms with Crippen LogP contribution in [0.3, 0.4) is 0 Å². The molecular formula is C17H21N3. The van der Waals surface area contributed by atoms with Gasteiger partial charge in [0.05, 0.1) is 5.52 Å². The molecule has 0 bridgehead atoms. The summed E-state index contributed by atoms with van der Waals surface area (Å²) in [6.07, 6.45) is 5.23. The Balaban J connectivity index is 1.85. The maximum absolute atomic E-state index is 4.89. The number of para-hydroxylation sites is 1. The van der Waals surface area contributed by atoms with Gasteiger partial charge in [-0.2, -0.15) is 0 Å². The monoisotopic (exact) mass is 267 g/mol. The van der Waals surface area contributed by atoms with Gasteiger partial charge in [0.1, 0.15) is 5.82 Å². The molecule has 0 N–H and O–H groups in total. The summed E-state index contributed by atoms with van der Waals surface area (Å²) in [6.45, 7) is 4.69. The van der Waals surface area contributed by atoms with Crippen LogP contribution in [0.2, 0.25) is 0 Å². The summed E-state index contributed by atoms with van der Waals surface area (Å²) in [6, 6.07) is 10.9. The minimum Gasteiger partial charge on any atom is -0.371 e. The fourth-order valence-corrected chi connectivity index (χ4v) is 3.47. The highest BCUT2D eigenvalue weighted by Crippen LogP contribution is 2.33. The summed E-state index contributed by atoms with van der Waals surface area (Å²) < 4.78 is 0. The molecule has 0 atom stereocenters. The molecule has 1 aromatic carbocycles. The van der Waals surface area contributed by atoms with E-state index in [1.165, 1.54) is 55.7 Å². The standard InChI is InChI=1S/C17H21N3/c1-2-8-15-14(7-1)16(19-9-3-4-10-19)13-17(18-15)20-11-5-6-12-20/h1-2,7-8,13H,3-6,9-12H2. The van der Waals surface area contributed by atoms with E-state index in [0.29, 0.717) is 0 Å². The van der Waals surface area contributed by atoms with Crippen molar-refractivity contribution in [2.75, 3.05) is 36.0 Å². The van der Waals surface area contributed by atoms with E-state index in [9.17, 15) is 0 Å². The first kappa shape index (κ1) is 12.0. The van der Waals surface area contributed by atoms with Crippen LogP contribution < -0.4 is 9.80 Å². The van der Waals surface area contributed by atoms with E-state index in [4.69, 9.17) is 4.98 Å². The molecule has 0 amide bonds. The van der Waals surface area contributed by atoms with Crippen LogP contribution in [0.4, 0.5) is 11.5 Å². The van der Waals surface area contributed by atoms with Crippen LogP contribution in [-0.2, 0) is 0 Å². The van der Waals surface area contributed by atoms with E-state index in [1.807, 2.05) is 0 Å². The van der Waals surface area contributed by atoms with Crippen molar-refractivity contribution in [1.82, 2.24) is 4.98 Å². The molecule has 0 spiro atoms.